The summed E-state index contributed by atoms with van der Waals surface area (Å²) in [5.74, 6) is -0.815. The summed E-state index contributed by atoms with van der Waals surface area (Å²) in [6.45, 7) is 1.44. The highest BCUT2D eigenvalue weighted by molar-refractivity contribution is 5.89. The number of aromatic nitrogens is 2. The zero-order valence-electron chi connectivity index (χ0n) is 11.5. The molecule has 1 fully saturated rings. The van der Waals surface area contributed by atoms with Crippen molar-refractivity contribution in [1.29, 1.82) is 0 Å². The highest BCUT2D eigenvalue weighted by Crippen LogP contribution is 2.41. The highest BCUT2D eigenvalue weighted by Gasteiger charge is 2.29. The van der Waals surface area contributed by atoms with Crippen molar-refractivity contribution in [1.82, 2.24) is 9.78 Å². The molecule has 1 aromatic carbocycles. The van der Waals surface area contributed by atoms with Crippen LogP contribution in [0.1, 0.15) is 41.9 Å². The van der Waals surface area contributed by atoms with Crippen LogP contribution in [-0.4, -0.2) is 26.8 Å². The lowest BCUT2D eigenvalue weighted by atomic mass is 10.2. The summed E-state index contributed by atoms with van der Waals surface area (Å²) >= 11 is 0. The van der Waals surface area contributed by atoms with Crippen LogP contribution in [0.2, 0.25) is 0 Å². The van der Waals surface area contributed by atoms with Gasteiger partial charge in [0.25, 0.3) is 0 Å². The number of nitrogens with zero attached hydrogens (tertiary/aromatic N) is 2. The van der Waals surface area contributed by atoms with Crippen LogP contribution < -0.4 is 5.32 Å². The number of nitrogens with one attached hydrogen (secondary N) is 1. The van der Waals surface area contributed by atoms with Crippen LogP contribution in [0, 0.1) is 0 Å². The van der Waals surface area contributed by atoms with Crippen LogP contribution in [0.15, 0.2) is 30.3 Å². The number of benzene rings is 1. The number of rotatable bonds is 4. The number of carbonyl (C=O) groups excluding carboxylic acids is 1. The van der Waals surface area contributed by atoms with Crippen molar-refractivity contribution in [2.75, 3.05) is 5.32 Å². The quantitative estimate of drug-likeness (QED) is 0.903. The fourth-order valence-corrected chi connectivity index (χ4v) is 2.30. The molecule has 21 heavy (non-hydrogen) atoms. The zero-order chi connectivity index (χ0) is 15.0. The molecule has 1 aromatic heterocycles. The molecule has 1 aliphatic carbocycles. The molecule has 6 nitrogen and oxygen atoms in total. The molecule has 1 aliphatic rings. The first kappa shape index (κ1) is 13.4. The van der Waals surface area contributed by atoms with Gasteiger partial charge in [-0.15, -0.1) is 0 Å². The van der Waals surface area contributed by atoms with Gasteiger partial charge in [0.1, 0.15) is 0 Å². The van der Waals surface area contributed by atoms with Gasteiger partial charge in [-0.3, -0.25) is 4.79 Å². The largest absolute Gasteiger partial charge is 0.476 e. The van der Waals surface area contributed by atoms with Gasteiger partial charge < -0.3 is 10.4 Å². The van der Waals surface area contributed by atoms with Crippen molar-refractivity contribution in [2.24, 2.45) is 0 Å². The van der Waals surface area contributed by atoms with Gasteiger partial charge in [-0.25, -0.2) is 9.48 Å². The second kappa shape index (κ2) is 5.05. The van der Waals surface area contributed by atoms with Crippen LogP contribution in [0.3, 0.4) is 0 Å². The molecular weight excluding hydrogens is 270 g/mol. The van der Waals surface area contributed by atoms with Gasteiger partial charge in [0, 0.05) is 24.2 Å². The van der Waals surface area contributed by atoms with Crippen LogP contribution in [0.5, 0.6) is 0 Å². The van der Waals surface area contributed by atoms with Crippen molar-refractivity contribution >= 4 is 17.6 Å². The van der Waals surface area contributed by atoms with Crippen LogP contribution >= 0.6 is 0 Å². The van der Waals surface area contributed by atoms with Crippen molar-refractivity contribution in [3.63, 3.8) is 0 Å². The first-order chi connectivity index (χ1) is 10.0. The molecule has 0 unspecified atom stereocenters. The van der Waals surface area contributed by atoms with Gasteiger partial charge >= 0.3 is 5.97 Å². The van der Waals surface area contributed by atoms with Crippen molar-refractivity contribution < 1.29 is 14.7 Å². The fourth-order valence-electron chi connectivity index (χ4n) is 2.30. The Morgan fingerprint density at radius 2 is 2.10 bits per heavy atom. The molecule has 1 heterocycles. The minimum Gasteiger partial charge on any atom is -0.476 e. The molecule has 3 rings (SSSR count). The standard InChI is InChI=1S/C15H15N3O3/c1-9(19)16-11-3-2-4-12(7-11)18-14(10-5-6-10)8-13(17-18)15(20)21/h2-4,7-8,10H,5-6H2,1H3,(H,16,19)(H,20,21). The molecule has 0 spiro atoms. The lowest BCUT2D eigenvalue weighted by Gasteiger charge is -2.09. The van der Waals surface area contributed by atoms with E-state index in [1.807, 2.05) is 6.07 Å². The van der Waals surface area contributed by atoms with Crippen LogP contribution in [-0.2, 0) is 4.79 Å². The predicted octanol–water partition coefficient (Wildman–Crippen LogP) is 2.41. The number of amides is 1. The minimum absolute atomic E-state index is 0.0434. The Labute approximate surface area is 121 Å². The van der Waals surface area contributed by atoms with Crippen molar-refractivity contribution in [3.05, 3.63) is 41.7 Å². The topological polar surface area (TPSA) is 84.2 Å². The number of carboxylic acid groups (broad SMARTS) is 1. The van der Waals surface area contributed by atoms with Crippen LogP contribution in [0.4, 0.5) is 5.69 Å². The van der Waals surface area contributed by atoms with Gasteiger partial charge in [0.15, 0.2) is 5.69 Å². The van der Waals surface area contributed by atoms with E-state index in [9.17, 15) is 9.59 Å². The number of carboxylic acids is 1. The van der Waals surface area contributed by atoms with E-state index in [0.29, 0.717) is 11.6 Å². The van der Waals surface area contributed by atoms with E-state index in [0.717, 1.165) is 24.2 Å². The summed E-state index contributed by atoms with van der Waals surface area (Å²) in [6.07, 6.45) is 2.10. The maximum absolute atomic E-state index is 11.1. The molecular formula is C15H15N3O3. The van der Waals surface area contributed by atoms with Gasteiger partial charge in [-0.1, -0.05) is 6.07 Å². The normalized spacial score (nSPS) is 14.0. The first-order valence-corrected chi connectivity index (χ1v) is 6.76. The van der Waals surface area contributed by atoms with E-state index in [1.165, 1.54) is 6.92 Å². The van der Waals surface area contributed by atoms with E-state index < -0.39 is 5.97 Å². The van der Waals surface area contributed by atoms with E-state index in [2.05, 4.69) is 10.4 Å². The second-order valence-corrected chi connectivity index (χ2v) is 5.18. The summed E-state index contributed by atoms with van der Waals surface area (Å²) in [5.41, 5.74) is 2.36. The van der Waals surface area contributed by atoms with Gasteiger partial charge in [-0.2, -0.15) is 5.10 Å². The van der Waals surface area contributed by atoms with Crippen molar-refractivity contribution in [2.45, 2.75) is 25.7 Å². The molecule has 2 aromatic rings. The molecule has 6 heteroatoms. The predicted molar refractivity (Wildman–Crippen MR) is 76.8 cm³/mol. The molecule has 1 saturated carbocycles. The number of hydrogen-bond donors (Lipinski definition) is 2. The Balaban J connectivity index is 2.02. The van der Waals surface area contributed by atoms with E-state index in [-0.39, 0.29) is 11.6 Å². The second-order valence-electron chi connectivity index (χ2n) is 5.18. The Bertz CT molecular complexity index is 717. The summed E-state index contributed by atoms with van der Waals surface area (Å²) in [4.78, 5) is 22.2. The molecule has 0 atom stereocenters. The average Bonchev–Trinajstić information content (AvgIpc) is 3.16. The van der Waals surface area contributed by atoms with Gasteiger partial charge in [-0.05, 0) is 37.1 Å². The zero-order valence-corrected chi connectivity index (χ0v) is 11.5. The van der Waals surface area contributed by atoms with Gasteiger partial charge in [0.05, 0.1) is 5.69 Å². The van der Waals surface area contributed by atoms with Crippen LogP contribution in [0.25, 0.3) is 5.69 Å². The van der Waals surface area contributed by atoms with E-state index >= 15 is 0 Å². The lowest BCUT2D eigenvalue weighted by molar-refractivity contribution is -0.114. The molecule has 2 N–H and O–H groups in total. The van der Waals surface area contributed by atoms with E-state index in [1.54, 1.807) is 28.9 Å². The molecule has 0 aliphatic heterocycles. The van der Waals surface area contributed by atoms with Crippen molar-refractivity contribution in [3.8, 4) is 5.69 Å². The summed E-state index contributed by atoms with van der Waals surface area (Å²) < 4.78 is 1.66. The lowest BCUT2D eigenvalue weighted by Crippen LogP contribution is -2.07. The van der Waals surface area contributed by atoms with Gasteiger partial charge in [0.2, 0.25) is 5.91 Å². The Morgan fingerprint density at radius 1 is 1.33 bits per heavy atom. The number of carbonyl (C=O) groups is 2. The maximum Gasteiger partial charge on any atom is 0.356 e. The third-order valence-corrected chi connectivity index (χ3v) is 3.36. The third-order valence-electron chi connectivity index (χ3n) is 3.36. The Kier molecular flexibility index (Phi) is 3.21. The SMILES string of the molecule is CC(=O)Nc1cccc(-n2nc(C(=O)O)cc2C2CC2)c1. The highest BCUT2D eigenvalue weighted by atomic mass is 16.4. The Hall–Kier alpha value is -2.63. The summed E-state index contributed by atoms with van der Waals surface area (Å²) in [5, 5.41) is 16.0. The number of aromatic carboxylic acids is 1. The maximum atomic E-state index is 11.1. The molecule has 0 saturated heterocycles. The fraction of sp³-hybridized carbons (Fsp3) is 0.267. The third kappa shape index (κ3) is 2.79. The smallest absolute Gasteiger partial charge is 0.356 e. The molecule has 0 bridgehead atoms. The number of hydrogen-bond acceptors (Lipinski definition) is 3. The molecule has 1 amide bonds. The summed E-state index contributed by atoms with van der Waals surface area (Å²) in [7, 11) is 0. The molecule has 108 valence electrons. The first-order valence-electron chi connectivity index (χ1n) is 6.76. The average molecular weight is 285 g/mol. The summed E-state index contributed by atoms with van der Waals surface area (Å²) in [6, 6.07) is 8.84. The molecule has 0 radical (unpaired) electrons. The minimum atomic E-state index is -1.03. The monoisotopic (exact) mass is 285 g/mol. The van der Waals surface area contributed by atoms with E-state index in [4.69, 9.17) is 5.11 Å². The number of anilines is 1. The Morgan fingerprint density at radius 3 is 2.71 bits per heavy atom.